The highest BCUT2D eigenvalue weighted by Gasteiger charge is 2.19. The summed E-state index contributed by atoms with van der Waals surface area (Å²) < 4.78 is 5.13. The first-order chi connectivity index (χ1) is 9.71. The van der Waals surface area contributed by atoms with Crippen LogP contribution < -0.4 is 15.4 Å². The molecule has 5 nitrogen and oxygen atoms in total. The van der Waals surface area contributed by atoms with Crippen molar-refractivity contribution in [3.05, 3.63) is 42.0 Å². The maximum atomic E-state index is 11.8. The molecule has 1 aromatic rings. The number of aliphatic hydroxyl groups excluding tert-OH is 1. The normalized spacial score (nSPS) is 20.7. The summed E-state index contributed by atoms with van der Waals surface area (Å²) in [6, 6.07) is 7.36. The molecule has 0 aromatic heterocycles. The van der Waals surface area contributed by atoms with Crippen molar-refractivity contribution in [3.8, 4) is 5.75 Å². The number of ether oxygens (including phenoxy) is 1. The van der Waals surface area contributed by atoms with Crippen LogP contribution in [0.3, 0.4) is 0 Å². The lowest BCUT2D eigenvalue weighted by molar-refractivity contribution is 0.231. The number of rotatable bonds is 5. The summed E-state index contributed by atoms with van der Waals surface area (Å²) in [6.45, 7) is 0.572. The van der Waals surface area contributed by atoms with E-state index in [-0.39, 0.29) is 24.6 Å². The first kappa shape index (κ1) is 14.4. The van der Waals surface area contributed by atoms with Crippen molar-refractivity contribution < 1.29 is 14.6 Å². The van der Waals surface area contributed by atoms with Gasteiger partial charge in [0, 0.05) is 25.1 Å². The Kier molecular flexibility index (Phi) is 5.01. The van der Waals surface area contributed by atoms with Gasteiger partial charge in [0.15, 0.2) is 0 Å². The van der Waals surface area contributed by atoms with Gasteiger partial charge >= 0.3 is 6.03 Å². The van der Waals surface area contributed by atoms with Gasteiger partial charge in [-0.25, -0.2) is 4.79 Å². The van der Waals surface area contributed by atoms with E-state index < -0.39 is 0 Å². The smallest absolute Gasteiger partial charge is 0.315 e. The number of aliphatic hydroxyl groups is 1. The summed E-state index contributed by atoms with van der Waals surface area (Å²) in [7, 11) is 1.61. The minimum Gasteiger partial charge on any atom is -0.497 e. The molecule has 1 aliphatic rings. The maximum absolute atomic E-state index is 11.8. The van der Waals surface area contributed by atoms with Gasteiger partial charge in [-0.15, -0.1) is 0 Å². The number of carbonyl (C=O) groups is 1. The van der Waals surface area contributed by atoms with Crippen LogP contribution in [0.25, 0.3) is 0 Å². The second-order valence-corrected chi connectivity index (χ2v) is 4.85. The van der Waals surface area contributed by atoms with Crippen LogP contribution in [0, 0.1) is 5.92 Å². The van der Waals surface area contributed by atoms with Crippen LogP contribution in [0.1, 0.15) is 12.0 Å². The summed E-state index contributed by atoms with van der Waals surface area (Å²) in [5.41, 5.74) is 0.981. The molecule has 0 aliphatic heterocycles. The van der Waals surface area contributed by atoms with E-state index in [0.29, 0.717) is 6.54 Å². The highest BCUT2D eigenvalue weighted by atomic mass is 16.5. The molecule has 0 radical (unpaired) electrons. The number of urea groups is 1. The van der Waals surface area contributed by atoms with Crippen LogP contribution in [-0.4, -0.2) is 30.9 Å². The molecule has 2 rings (SSSR count). The number of amides is 2. The molecule has 0 bridgehead atoms. The summed E-state index contributed by atoms with van der Waals surface area (Å²) in [6.07, 6.45) is 4.61. The van der Waals surface area contributed by atoms with E-state index in [9.17, 15) is 4.79 Å². The minimum absolute atomic E-state index is 0.00235. The lowest BCUT2D eigenvalue weighted by Gasteiger charge is -2.13. The minimum atomic E-state index is -0.207. The molecular formula is C15H20N2O3. The van der Waals surface area contributed by atoms with Crippen molar-refractivity contribution in [3.63, 3.8) is 0 Å². The fourth-order valence-electron chi connectivity index (χ4n) is 2.20. The van der Waals surface area contributed by atoms with Gasteiger partial charge in [-0.1, -0.05) is 24.3 Å². The predicted octanol–water partition coefficient (Wildman–Crippen LogP) is 1.43. The fraction of sp³-hybridized carbons (Fsp3) is 0.400. The van der Waals surface area contributed by atoms with Crippen molar-refractivity contribution >= 4 is 6.03 Å². The third kappa shape index (κ3) is 3.99. The molecule has 0 heterocycles. The van der Waals surface area contributed by atoms with Gasteiger partial charge in [-0.05, 0) is 24.1 Å². The highest BCUT2D eigenvalue weighted by Crippen LogP contribution is 2.16. The molecule has 0 saturated carbocycles. The molecule has 2 atom stereocenters. The third-order valence-electron chi connectivity index (χ3n) is 3.31. The quantitative estimate of drug-likeness (QED) is 0.713. The number of hydrogen-bond acceptors (Lipinski definition) is 3. The first-order valence-corrected chi connectivity index (χ1v) is 6.67. The number of carbonyl (C=O) groups excluding carboxylic acids is 1. The molecule has 5 heteroatoms. The monoisotopic (exact) mass is 276 g/mol. The van der Waals surface area contributed by atoms with E-state index in [2.05, 4.69) is 10.6 Å². The lowest BCUT2D eigenvalue weighted by Crippen LogP contribution is -2.40. The fourth-order valence-corrected chi connectivity index (χ4v) is 2.20. The molecule has 1 aliphatic carbocycles. The van der Waals surface area contributed by atoms with Crippen molar-refractivity contribution in [2.45, 2.75) is 19.0 Å². The van der Waals surface area contributed by atoms with Crippen LogP contribution in [0.4, 0.5) is 4.79 Å². The highest BCUT2D eigenvalue weighted by molar-refractivity contribution is 5.74. The Morgan fingerprint density at radius 1 is 1.45 bits per heavy atom. The van der Waals surface area contributed by atoms with E-state index in [4.69, 9.17) is 9.84 Å². The largest absolute Gasteiger partial charge is 0.497 e. The number of nitrogens with one attached hydrogen (secondary N) is 2. The van der Waals surface area contributed by atoms with Crippen molar-refractivity contribution in [1.29, 1.82) is 0 Å². The van der Waals surface area contributed by atoms with Crippen LogP contribution in [-0.2, 0) is 6.54 Å². The van der Waals surface area contributed by atoms with Gasteiger partial charge < -0.3 is 20.5 Å². The molecule has 20 heavy (non-hydrogen) atoms. The molecule has 0 unspecified atom stereocenters. The molecular weight excluding hydrogens is 256 g/mol. The Hall–Kier alpha value is -2.01. The Balaban J connectivity index is 1.76. The third-order valence-corrected chi connectivity index (χ3v) is 3.31. The summed E-state index contributed by atoms with van der Waals surface area (Å²) in [5.74, 6) is 0.924. The van der Waals surface area contributed by atoms with Crippen molar-refractivity contribution in [2.24, 2.45) is 5.92 Å². The summed E-state index contributed by atoms with van der Waals surface area (Å²) >= 11 is 0. The molecule has 0 spiro atoms. The SMILES string of the molecule is COc1cccc(CNC(=O)N[C@@H]2C=C[C@H](CO)C2)c1. The molecule has 0 saturated heterocycles. The van der Waals surface area contributed by atoms with E-state index in [1.807, 2.05) is 36.4 Å². The van der Waals surface area contributed by atoms with Gasteiger partial charge in [0.05, 0.1) is 7.11 Å². The second kappa shape index (κ2) is 6.96. The lowest BCUT2D eigenvalue weighted by atomic mass is 10.1. The molecule has 2 amide bonds. The van der Waals surface area contributed by atoms with Gasteiger partial charge in [-0.2, -0.15) is 0 Å². The Morgan fingerprint density at radius 2 is 2.30 bits per heavy atom. The molecule has 0 fully saturated rings. The van der Waals surface area contributed by atoms with Crippen molar-refractivity contribution in [1.82, 2.24) is 10.6 Å². The van der Waals surface area contributed by atoms with E-state index in [1.54, 1.807) is 7.11 Å². The van der Waals surface area contributed by atoms with Gasteiger partial charge in [0.1, 0.15) is 5.75 Å². The van der Waals surface area contributed by atoms with Crippen LogP contribution in [0.5, 0.6) is 5.75 Å². The van der Waals surface area contributed by atoms with E-state index in [0.717, 1.165) is 17.7 Å². The standard InChI is InChI=1S/C15H20N2O3/c1-20-14-4-2-3-11(8-14)9-16-15(19)17-13-6-5-12(7-13)10-18/h2-6,8,12-13,18H,7,9-10H2,1H3,(H2,16,17,19)/t12-,13+/m0/s1. The van der Waals surface area contributed by atoms with Crippen LogP contribution >= 0.6 is 0 Å². The van der Waals surface area contributed by atoms with Crippen LogP contribution in [0.15, 0.2) is 36.4 Å². The van der Waals surface area contributed by atoms with Crippen LogP contribution in [0.2, 0.25) is 0 Å². The second-order valence-electron chi connectivity index (χ2n) is 4.85. The number of benzene rings is 1. The number of methoxy groups -OCH3 is 1. The molecule has 108 valence electrons. The van der Waals surface area contributed by atoms with Gasteiger partial charge in [0.25, 0.3) is 0 Å². The Bertz CT molecular complexity index is 488. The van der Waals surface area contributed by atoms with Crippen molar-refractivity contribution in [2.75, 3.05) is 13.7 Å². The zero-order valence-corrected chi connectivity index (χ0v) is 11.5. The topological polar surface area (TPSA) is 70.6 Å². The summed E-state index contributed by atoms with van der Waals surface area (Å²) in [5, 5.41) is 14.7. The molecule has 3 N–H and O–H groups in total. The first-order valence-electron chi connectivity index (χ1n) is 6.67. The van der Waals surface area contributed by atoms with E-state index >= 15 is 0 Å². The van der Waals surface area contributed by atoms with E-state index in [1.165, 1.54) is 0 Å². The maximum Gasteiger partial charge on any atom is 0.315 e. The Labute approximate surface area is 118 Å². The average Bonchev–Trinajstić information content (AvgIpc) is 2.93. The predicted molar refractivity (Wildman–Crippen MR) is 76.5 cm³/mol. The average molecular weight is 276 g/mol. The zero-order valence-electron chi connectivity index (χ0n) is 11.5. The van der Waals surface area contributed by atoms with Gasteiger partial charge in [-0.3, -0.25) is 0 Å². The summed E-state index contributed by atoms with van der Waals surface area (Å²) in [4.78, 5) is 11.8. The Morgan fingerprint density at radius 3 is 3.00 bits per heavy atom. The molecule has 1 aromatic carbocycles. The number of hydrogen-bond donors (Lipinski definition) is 3. The zero-order chi connectivity index (χ0) is 14.4. The van der Waals surface area contributed by atoms with Gasteiger partial charge in [0.2, 0.25) is 0 Å².